The smallest absolute Gasteiger partial charge is 0.410 e. The van der Waals surface area contributed by atoms with Crippen molar-refractivity contribution in [1.82, 2.24) is 9.88 Å². The molecule has 0 radical (unpaired) electrons. The number of benzene rings is 1. The van der Waals surface area contributed by atoms with Gasteiger partial charge in [0.2, 0.25) is 0 Å². The molecule has 0 aliphatic carbocycles. The van der Waals surface area contributed by atoms with E-state index in [0.29, 0.717) is 13.2 Å². The van der Waals surface area contributed by atoms with Crippen molar-refractivity contribution < 1.29 is 14.3 Å². The standard InChI is InChI=1S/C19H24N2O3S/c1-19(2,3)24-18(22)21(4)12-13-8-10-23-16-14(13)6-5-7-15(16)17-20-9-11-25-17/h5-7,9,11,13H,8,10,12H2,1-4H3/t13-/m0/s1. The quantitative estimate of drug-likeness (QED) is 0.806. The van der Waals surface area contributed by atoms with Crippen molar-refractivity contribution in [3.05, 3.63) is 35.3 Å². The van der Waals surface area contributed by atoms with E-state index in [1.807, 2.05) is 38.3 Å². The predicted octanol–water partition coefficient (Wildman–Crippen LogP) is 4.54. The van der Waals surface area contributed by atoms with Gasteiger partial charge in [0.1, 0.15) is 16.4 Å². The fourth-order valence-corrected chi connectivity index (χ4v) is 3.62. The fraction of sp³-hybridized carbons (Fsp3) is 0.474. The first-order valence-electron chi connectivity index (χ1n) is 8.45. The van der Waals surface area contributed by atoms with Crippen LogP contribution in [0.5, 0.6) is 5.75 Å². The minimum Gasteiger partial charge on any atom is -0.493 e. The van der Waals surface area contributed by atoms with Gasteiger partial charge < -0.3 is 14.4 Å². The van der Waals surface area contributed by atoms with Gasteiger partial charge in [-0.25, -0.2) is 9.78 Å². The highest BCUT2D eigenvalue weighted by atomic mass is 32.1. The molecule has 0 N–H and O–H groups in total. The van der Waals surface area contributed by atoms with Crippen LogP contribution in [0.4, 0.5) is 4.79 Å². The molecule has 6 heteroatoms. The van der Waals surface area contributed by atoms with Crippen molar-refractivity contribution >= 4 is 17.4 Å². The summed E-state index contributed by atoms with van der Waals surface area (Å²) in [6.45, 7) is 6.88. The van der Waals surface area contributed by atoms with Gasteiger partial charge >= 0.3 is 6.09 Å². The van der Waals surface area contributed by atoms with Crippen LogP contribution in [0, 0.1) is 0 Å². The van der Waals surface area contributed by atoms with Crippen LogP contribution >= 0.6 is 11.3 Å². The fourth-order valence-electron chi connectivity index (χ4n) is 2.96. The van der Waals surface area contributed by atoms with E-state index in [1.165, 1.54) is 0 Å². The first-order valence-corrected chi connectivity index (χ1v) is 9.33. The van der Waals surface area contributed by atoms with E-state index in [0.717, 1.165) is 28.3 Å². The average Bonchev–Trinajstić information content (AvgIpc) is 3.07. The topological polar surface area (TPSA) is 51.7 Å². The first-order chi connectivity index (χ1) is 11.8. The molecule has 2 aromatic rings. The number of hydrogen-bond donors (Lipinski definition) is 0. The molecule has 1 amide bonds. The summed E-state index contributed by atoms with van der Waals surface area (Å²) >= 11 is 1.60. The van der Waals surface area contributed by atoms with E-state index >= 15 is 0 Å². The van der Waals surface area contributed by atoms with E-state index < -0.39 is 5.60 Å². The van der Waals surface area contributed by atoms with Gasteiger partial charge in [-0.05, 0) is 38.8 Å². The monoisotopic (exact) mass is 360 g/mol. The third kappa shape index (κ3) is 4.12. The van der Waals surface area contributed by atoms with Crippen LogP contribution in [0.15, 0.2) is 29.8 Å². The number of hydrogen-bond acceptors (Lipinski definition) is 5. The van der Waals surface area contributed by atoms with Crippen LogP contribution < -0.4 is 4.74 Å². The van der Waals surface area contributed by atoms with E-state index in [9.17, 15) is 4.79 Å². The summed E-state index contributed by atoms with van der Waals surface area (Å²) in [5.74, 6) is 1.12. The summed E-state index contributed by atoms with van der Waals surface area (Å²) in [4.78, 5) is 18.3. The number of rotatable bonds is 3. The van der Waals surface area contributed by atoms with E-state index in [2.05, 4.69) is 11.1 Å². The minimum atomic E-state index is -0.489. The Morgan fingerprint density at radius 3 is 2.92 bits per heavy atom. The molecule has 1 aliphatic heterocycles. The van der Waals surface area contributed by atoms with Gasteiger partial charge in [-0.2, -0.15) is 0 Å². The molecule has 0 fully saturated rings. The lowest BCUT2D eigenvalue weighted by Gasteiger charge is -2.31. The van der Waals surface area contributed by atoms with E-state index in [-0.39, 0.29) is 12.0 Å². The molecule has 3 rings (SSSR count). The van der Waals surface area contributed by atoms with Crippen LogP contribution in [0.2, 0.25) is 0 Å². The first kappa shape index (κ1) is 17.7. The summed E-state index contributed by atoms with van der Waals surface area (Å²) in [5.41, 5.74) is 1.67. The number of ether oxygens (including phenoxy) is 2. The Kier molecular flexibility index (Phi) is 4.99. The molecule has 25 heavy (non-hydrogen) atoms. The second-order valence-corrected chi connectivity index (χ2v) is 8.15. The van der Waals surface area contributed by atoms with Gasteiger partial charge in [0.15, 0.2) is 0 Å². The number of fused-ring (bicyclic) bond motifs is 1. The molecule has 0 bridgehead atoms. The zero-order valence-electron chi connectivity index (χ0n) is 15.1. The highest BCUT2D eigenvalue weighted by Gasteiger charge is 2.28. The number of likely N-dealkylation sites (N-methyl/N-ethyl adjacent to an activating group) is 1. The molecule has 0 unspecified atom stereocenters. The summed E-state index contributed by atoms with van der Waals surface area (Å²) in [6.07, 6.45) is 2.38. The molecule has 1 atom stereocenters. The lowest BCUT2D eigenvalue weighted by Crippen LogP contribution is -2.37. The van der Waals surface area contributed by atoms with Crippen LogP contribution in [-0.2, 0) is 4.74 Å². The van der Waals surface area contributed by atoms with Crippen molar-refractivity contribution in [2.24, 2.45) is 0 Å². The maximum Gasteiger partial charge on any atom is 0.410 e. The molecular weight excluding hydrogens is 336 g/mol. The van der Waals surface area contributed by atoms with Crippen LogP contribution in [-0.4, -0.2) is 41.8 Å². The Morgan fingerprint density at radius 2 is 2.24 bits per heavy atom. The zero-order chi connectivity index (χ0) is 18.0. The highest BCUT2D eigenvalue weighted by molar-refractivity contribution is 7.13. The normalized spacial score (nSPS) is 16.7. The summed E-state index contributed by atoms with van der Waals surface area (Å²) < 4.78 is 11.4. The lowest BCUT2D eigenvalue weighted by atomic mass is 9.91. The Balaban J connectivity index is 1.80. The van der Waals surface area contributed by atoms with Crippen molar-refractivity contribution in [1.29, 1.82) is 0 Å². The average molecular weight is 360 g/mol. The maximum absolute atomic E-state index is 12.3. The SMILES string of the molecule is CN(C[C@@H]1CCOc2c(-c3nccs3)cccc21)C(=O)OC(C)(C)C. The second-order valence-electron chi connectivity index (χ2n) is 7.26. The molecule has 2 heterocycles. The third-order valence-corrected chi connectivity index (χ3v) is 4.87. The van der Waals surface area contributed by atoms with Crippen molar-refractivity contribution in [3.63, 3.8) is 0 Å². The lowest BCUT2D eigenvalue weighted by molar-refractivity contribution is 0.0281. The van der Waals surface area contributed by atoms with Gasteiger partial charge in [0.25, 0.3) is 0 Å². The Labute approximate surface area is 152 Å². The number of carbonyl (C=O) groups is 1. The maximum atomic E-state index is 12.3. The van der Waals surface area contributed by atoms with Gasteiger partial charge in [-0.15, -0.1) is 11.3 Å². The summed E-state index contributed by atoms with van der Waals surface area (Å²) in [7, 11) is 1.79. The summed E-state index contributed by atoms with van der Waals surface area (Å²) in [5, 5.41) is 2.92. The number of aromatic nitrogens is 1. The highest BCUT2D eigenvalue weighted by Crippen LogP contribution is 2.41. The molecule has 1 aromatic carbocycles. The number of para-hydroxylation sites is 1. The molecule has 0 saturated carbocycles. The Hall–Kier alpha value is -2.08. The molecule has 134 valence electrons. The molecule has 1 aliphatic rings. The van der Waals surface area contributed by atoms with Crippen LogP contribution in [0.1, 0.15) is 38.7 Å². The van der Waals surface area contributed by atoms with Crippen LogP contribution in [0.25, 0.3) is 10.6 Å². The van der Waals surface area contributed by atoms with Crippen molar-refractivity contribution in [2.75, 3.05) is 20.2 Å². The van der Waals surface area contributed by atoms with Crippen molar-refractivity contribution in [2.45, 2.75) is 38.7 Å². The van der Waals surface area contributed by atoms with Gasteiger partial charge in [0, 0.05) is 31.1 Å². The zero-order valence-corrected chi connectivity index (χ0v) is 15.9. The predicted molar refractivity (Wildman–Crippen MR) is 99.3 cm³/mol. The summed E-state index contributed by atoms with van der Waals surface area (Å²) in [6, 6.07) is 6.15. The Bertz CT molecular complexity index is 738. The number of carbonyl (C=O) groups excluding carboxylic acids is 1. The van der Waals surface area contributed by atoms with Crippen molar-refractivity contribution in [3.8, 4) is 16.3 Å². The van der Waals surface area contributed by atoms with Gasteiger partial charge in [-0.1, -0.05) is 12.1 Å². The minimum absolute atomic E-state index is 0.223. The number of nitrogens with zero attached hydrogens (tertiary/aromatic N) is 2. The number of amides is 1. The molecule has 1 aromatic heterocycles. The number of thiazole rings is 1. The molecule has 0 spiro atoms. The third-order valence-electron chi connectivity index (χ3n) is 4.06. The van der Waals surface area contributed by atoms with Gasteiger partial charge in [-0.3, -0.25) is 0 Å². The Morgan fingerprint density at radius 1 is 1.44 bits per heavy atom. The van der Waals surface area contributed by atoms with Crippen LogP contribution in [0.3, 0.4) is 0 Å². The largest absolute Gasteiger partial charge is 0.493 e. The van der Waals surface area contributed by atoms with E-state index in [4.69, 9.17) is 9.47 Å². The van der Waals surface area contributed by atoms with Gasteiger partial charge in [0.05, 0.1) is 12.2 Å². The molecule has 5 nitrogen and oxygen atoms in total. The van der Waals surface area contributed by atoms with E-state index in [1.54, 1.807) is 29.5 Å². The second kappa shape index (κ2) is 7.04. The molecule has 0 saturated heterocycles. The molecular formula is C19H24N2O3S.